The molecule has 1 N–H and O–H groups in total. The third-order valence-electron chi connectivity index (χ3n) is 3.06. The molecule has 4 nitrogen and oxygen atoms in total. The largest absolute Gasteiger partial charge is 0.390 e. The summed E-state index contributed by atoms with van der Waals surface area (Å²) < 4.78 is 36.4. The van der Waals surface area contributed by atoms with Crippen molar-refractivity contribution in [2.75, 3.05) is 18.9 Å². The molecule has 1 heterocycles. The number of carbonyl (C=O) groups excluding carboxylic acids is 2. The fourth-order valence-corrected chi connectivity index (χ4v) is 1.96. The zero-order valence-corrected chi connectivity index (χ0v) is 10.8. The second-order valence-electron chi connectivity index (χ2n) is 4.69. The van der Waals surface area contributed by atoms with E-state index in [-0.39, 0.29) is 17.9 Å². The highest BCUT2D eigenvalue weighted by atomic mass is 19.4. The number of halogens is 3. The lowest BCUT2D eigenvalue weighted by Crippen LogP contribution is -2.30. The summed E-state index contributed by atoms with van der Waals surface area (Å²) >= 11 is 0. The smallest absolute Gasteiger partial charge is 0.341 e. The highest BCUT2D eigenvalue weighted by Gasteiger charge is 2.28. The number of amides is 2. The molecule has 0 fully saturated rings. The average Bonchev–Trinajstić information content (AvgIpc) is 2.73. The Morgan fingerprint density at radius 1 is 1.40 bits per heavy atom. The van der Waals surface area contributed by atoms with E-state index in [1.807, 2.05) is 0 Å². The SMILES string of the molecule is CN(CCC(F)(F)F)C(=O)c1ccc2c(c1)NC(=O)C2. The lowest BCUT2D eigenvalue weighted by atomic mass is 10.1. The van der Waals surface area contributed by atoms with Crippen LogP contribution >= 0.6 is 0 Å². The predicted octanol–water partition coefficient (Wildman–Crippen LogP) is 2.21. The van der Waals surface area contributed by atoms with Gasteiger partial charge in [0.05, 0.1) is 12.8 Å². The van der Waals surface area contributed by atoms with E-state index in [1.165, 1.54) is 19.2 Å². The summed E-state index contributed by atoms with van der Waals surface area (Å²) in [6, 6.07) is 4.65. The zero-order valence-electron chi connectivity index (χ0n) is 10.8. The van der Waals surface area contributed by atoms with E-state index >= 15 is 0 Å². The van der Waals surface area contributed by atoms with Gasteiger partial charge in [-0.05, 0) is 17.7 Å². The van der Waals surface area contributed by atoms with Crippen LogP contribution in [0.5, 0.6) is 0 Å². The molecule has 0 saturated carbocycles. The van der Waals surface area contributed by atoms with Gasteiger partial charge in [-0.1, -0.05) is 6.07 Å². The lowest BCUT2D eigenvalue weighted by Gasteiger charge is -2.18. The van der Waals surface area contributed by atoms with Crippen molar-refractivity contribution in [1.29, 1.82) is 0 Å². The molecular formula is C13H13F3N2O2. The first-order chi connectivity index (χ1) is 9.26. The monoisotopic (exact) mass is 286 g/mol. The summed E-state index contributed by atoms with van der Waals surface area (Å²) in [4.78, 5) is 24.2. The van der Waals surface area contributed by atoms with Gasteiger partial charge in [-0.15, -0.1) is 0 Å². The number of benzene rings is 1. The first-order valence-electron chi connectivity index (χ1n) is 6.01. The molecule has 0 aromatic heterocycles. The van der Waals surface area contributed by atoms with Gasteiger partial charge in [0.15, 0.2) is 0 Å². The number of rotatable bonds is 3. The number of nitrogens with zero attached hydrogens (tertiary/aromatic N) is 1. The Labute approximate surface area is 113 Å². The minimum Gasteiger partial charge on any atom is -0.341 e. The summed E-state index contributed by atoms with van der Waals surface area (Å²) in [6.07, 6.45) is -5.08. The molecule has 0 aliphatic carbocycles. The minimum absolute atomic E-state index is 0.157. The van der Waals surface area contributed by atoms with Crippen LogP contribution in [0.3, 0.4) is 0 Å². The molecule has 0 bridgehead atoms. The van der Waals surface area contributed by atoms with E-state index in [0.717, 1.165) is 10.5 Å². The molecule has 7 heteroatoms. The molecule has 0 atom stereocenters. The normalized spacial score (nSPS) is 13.9. The van der Waals surface area contributed by atoms with Crippen LogP contribution in [-0.2, 0) is 11.2 Å². The number of hydrogen-bond donors (Lipinski definition) is 1. The number of anilines is 1. The van der Waals surface area contributed by atoms with Crippen molar-refractivity contribution < 1.29 is 22.8 Å². The van der Waals surface area contributed by atoms with Crippen molar-refractivity contribution in [1.82, 2.24) is 4.90 Å². The van der Waals surface area contributed by atoms with Crippen LogP contribution in [0.4, 0.5) is 18.9 Å². The highest BCUT2D eigenvalue weighted by Crippen LogP contribution is 2.25. The van der Waals surface area contributed by atoms with Crippen molar-refractivity contribution in [3.8, 4) is 0 Å². The summed E-state index contributed by atoms with van der Waals surface area (Å²) in [5, 5.41) is 2.60. The van der Waals surface area contributed by atoms with Crippen LogP contribution in [0, 0.1) is 0 Å². The third kappa shape index (κ3) is 3.28. The maximum atomic E-state index is 12.1. The Bertz CT molecular complexity index is 555. The summed E-state index contributed by atoms with van der Waals surface area (Å²) in [6.45, 7) is -0.397. The molecule has 0 spiro atoms. The molecule has 2 amide bonds. The number of carbonyl (C=O) groups is 2. The topological polar surface area (TPSA) is 49.4 Å². The fourth-order valence-electron chi connectivity index (χ4n) is 1.96. The van der Waals surface area contributed by atoms with E-state index < -0.39 is 25.0 Å². The Hall–Kier alpha value is -2.05. The van der Waals surface area contributed by atoms with Gasteiger partial charge >= 0.3 is 6.18 Å². The second kappa shape index (κ2) is 5.15. The molecule has 1 aliphatic rings. The Balaban J connectivity index is 2.06. The van der Waals surface area contributed by atoms with Crippen LogP contribution in [0.15, 0.2) is 18.2 Å². The van der Waals surface area contributed by atoms with E-state index in [0.29, 0.717) is 5.69 Å². The second-order valence-corrected chi connectivity index (χ2v) is 4.69. The van der Waals surface area contributed by atoms with Gasteiger partial charge in [-0.2, -0.15) is 13.2 Å². The van der Waals surface area contributed by atoms with Gasteiger partial charge in [0.25, 0.3) is 5.91 Å². The van der Waals surface area contributed by atoms with Crippen molar-refractivity contribution >= 4 is 17.5 Å². The average molecular weight is 286 g/mol. The third-order valence-corrected chi connectivity index (χ3v) is 3.06. The molecule has 1 aromatic carbocycles. The van der Waals surface area contributed by atoms with Crippen LogP contribution in [0.2, 0.25) is 0 Å². The number of nitrogens with one attached hydrogen (secondary N) is 1. The molecule has 0 unspecified atom stereocenters. The van der Waals surface area contributed by atoms with E-state index in [9.17, 15) is 22.8 Å². The van der Waals surface area contributed by atoms with Crippen LogP contribution in [0.1, 0.15) is 22.3 Å². The van der Waals surface area contributed by atoms with Gasteiger partial charge in [-0.25, -0.2) is 0 Å². The maximum absolute atomic E-state index is 12.1. The van der Waals surface area contributed by atoms with Gasteiger partial charge < -0.3 is 10.2 Å². The van der Waals surface area contributed by atoms with E-state index in [4.69, 9.17) is 0 Å². The van der Waals surface area contributed by atoms with Gasteiger partial charge in [-0.3, -0.25) is 9.59 Å². The molecule has 108 valence electrons. The number of alkyl halides is 3. The first-order valence-corrected chi connectivity index (χ1v) is 6.01. The van der Waals surface area contributed by atoms with Crippen molar-refractivity contribution in [3.63, 3.8) is 0 Å². The summed E-state index contributed by atoms with van der Waals surface area (Å²) in [7, 11) is 1.32. The first kappa shape index (κ1) is 14.4. The summed E-state index contributed by atoms with van der Waals surface area (Å²) in [5.41, 5.74) is 1.59. The number of fused-ring (bicyclic) bond motifs is 1. The van der Waals surface area contributed by atoms with Crippen LogP contribution in [0.25, 0.3) is 0 Å². The standard InChI is InChI=1S/C13H13F3N2O2/c1-18(5-4-13(14,15)16)12(20)9-3-2-8-7-11(19)17-10(8)6-9/h2-3,6H,4-5,7H2,1H3,(H,17,19). The van der Waals surface area contributed by atoms with E-state index in [1.54, 1.807) is 6.07 Å². The Morgan fingerprint density at radius 2 is 2.10 bits per heavy atom. The van der Waals surface area contributed by atoms with Crippen LogP contribution in [-0.4, -0.2) is 36.5 Å². The van der Waals surface area contributed by atoms with Gasteiger partial charge in [0.2, 0.25) is 5.91 Å². The molecule has 0 radical (unpaired) electrons. The Kier molecular flexibility index (Phi) is 3.69. The van der Waals surface area contributed by atoms with Crippen LogP contribution < -0.4 is 5.32 Å². The summed E-state index contributed by atoms with van der Waals surface area (Å²) in [5.74, 6) is -0.659. The lowest BCUT2D eigenvalue weighted by molar-refractivity contribution is -0.136. The number of hydrogen-bond acceptors (Lipinski definition) is 2. The molecule has 1 aliphatic heterocycles. The Morgan fingerprint density at radius 3 is 2.75 bits per heavy atom. The van der Waals surface area contributed by atoms with Crippen molar-refractivity contribution in [3.05, 3.63) is 29.3 Å². The van der Waals surface area contributed by atoms with Gasteiger partial charge in [0.1, 0.15) is 0 Å². The molecular weight excluding hydrogens is 273 g/mol. The fraction of sp³-hybridized carbons (Fsp3) is 0.385. The molecule has 20 heavy (non-hydrogen) atoms. The molecule has 2 rings (SSSR count). The van der Waals surface area contributed by atoms with E-state index in [2.05, 4.69) is 5.32 Å². The molecule has 1 aromatic rings. The highest BCUT2D eigenvalue weighted by molar-refractivity contribution is 6.02. The predicted molar refractivity (Wildman–Crippen MR) is 66.4 cm³/mol. The van der Waals surface area contributed by atoms with Crippen molar-refractivity contribution in [2.45, 2.75) is 19.0 Å². The zero-order chi connectivity index (χ0) is 14.9. The van der Waals surface area contributed by atoms with Crippen molar-refractivity contribution in [2.24, 2.45) is 0 Å². The van der Waals surface area contributed by atoms with Gasteiger partial charge in [0, 0.05) is 24.8 Å². The molecule has 0 saturated heterocycles. The maximum Gasteiger partial charge on any atom is 0.390 e. The quantitative estimate of drug-likeness (QED) is 0.926. The minimum atomic E-state index is -4.29.